The zero-order valence-electron chi connectivity index (χ0n) is 10.9. The lowest BCUT2D eigenvalue weighted by Crippen LogP contribution is -2.15. The van der Waals surface area contributed by atoms with Crippen LogP contribution < -0.4 is 5.32 Å². The van der Waals surface area contributed by atoms with Crippen LogP contribution in [0.4, 0.5) is 5.82 Å². The van der Waals surface area contributed by atoms with E-state index in [-0.39, 0.29) is 12.3 Å². The summed E-state index contributed by atoms with van der Waals surface area (Å²) in [5.74, 6) is 0.397. The van der Waals surface area contributed by atoms with Crippen molar-refractivity contribution in [1.29, 1.82) is 5.26 Å². The molecule has 1 heterocycles. The van der Waals surface area contributed by atoms with Crippen LogP contribution in [0.3, 0.4) is 0 Å². The summed E-state index contributed by atoms with van der Waals surface area (Å²) in [7, 11) is 0. The standard InChI is InChI=1S/C15H12BrN3O/c1-10-13(16)6-7-14(18-10)19-15(20)8-11-2-4-12(9-17)5-3-11/h2-7H,8H2,1H3,(H,18,19,20). The van der Waals surface area contributed by atoms with Crippen molar-refractivity contribution in [3.63, 3.8) is 0 Å². The van der Waals surface area contributed by atoms with Crippen molar-refractivity contribution in [3.05, 3.63) is 57.7 Å². The van der Waals surface area contributed by atoms with Crippen LogP contribution in [0.25, 0.3) is 0 Å². The number of hydrogen-bond acceptors (Lipinski definition) is 3. The number of nitrogens with zero attached hydrogens (tertiary/aromatic N) is 2. The van der Waals surface area contributed by atoms with Crippen LogP contribution in [-0.2, 0) is 11.2 Å². The average molecular weight is 330 g/mol. The quantitative estimate of drug-likeness (QED) is 0.940. The highest BCUT2D eigenvalue weighted by Crippen LogP contribution is 2.16. The highest BCUT2D eigenvalue weighted by molar-refractivity contribution is 9.10. The summed E-state index contributed by atoms with van der Waals surface area (Å²) in [6.07, 6.45) is 0.252. The van der Waals surface area contributed by atoms with Gasteiger partial charge in [-0.05, 0) is 52.7 Å². The minimum Gasteiger partial charge on any atom is -0.310 e. The molecule has 0 atom stereocenters. The third kappa shape index (κ3) is 3.65. The molecule has 2 rings (SSSR count). The zero-order valence-corrected chi connectivity index (χ0v) is 12.4. The number of aryl methyl sites for hydroxylation is 1. The van der Waals surface area contributed by atoms with E-state index < -0.39 is 0 Å². The first-order valence-corrected chi connectivity index (χ1v) is 6.80. The highest BCUT2D eigenvalue weighted by Gasteiger charge is 2.06. The molecule has 5 heteroatoms. The lowest BCUT2D eigenvalue weighted by Gasteiger charge is -2.06. The van der Waals surface area contributed by atoms with Gasteiger partial charge in [-0.1, -0.05) is 12.1 Å². The molecule has 0 aliphatic heterocycles. The summed E-state index contributed by atoms with van der Waals surface area (Å²) in [6, 6.07) is 12.6. The topological polar surface area (TPSA) is 65.8 Å². The van der Waals surface area contributed by atoms with E-state index in [1.54, 1.807) is 30.3 Å². The Morgan fingerprint density at radius 3 is 2.60 bits per heavy atom. The van der Waals surface area contributed by atoms with Crippen LogP contribution in [0, 0.1) is 18.3 Å². The number of anilines is 1. The summed E-state index contributed by atoms with van der Waals surface area (Å²) in [4.78, 5) is 16.2. The summed E-state index contributed by atoms with van der Waals surface area (Å²) < 4.78 is 0.905. The van der Waals surface area contributed by atoms with Gasteiger partial charge in [0.15, 0.2) is 0 Å². The second-order valence-electron chi connectivity index (χ2n) is 4.30. The molecule has 0 spiro atoms. The van der Waals surface area contributed by atoms with Crippen molar-refractivity contribution in [2.24, 2.45) is 0 Å². The molecule has 0 radical (unpaired) electrons. The van der Waals surface area contributed by atoms with Gasteiger partial charge >= 0.3 is 0 Å². The van der Waals surface area contributed by atoms with E-state index in [9.17, 15) is 4.79 Å². The number of pyridine rings is 1. The number of carbonyl (C=O) groups excluding carboxylic acids is 1. The fourth-order valence-corrected chi connectivity index (χ4v) is 1.90. The Kier molecular flexibility index (Phi) is 4.49. The third-order valence-corrected chi connectivity index (χ3v) is 3.57. The number of hydrogen-bond donors (Lipinski definition) is 1. The van der Waals surface area contributed by atoms with E-state index in [1.807, 2.05) is 19.1 Å². The fourth-order valence-electron chi connectivity index (χ4n) is 1.68. The molecule has 100 valence electrons. The molecule has 0 fully saturated rings. The third-order valence-electron chi connectivity index (χ3n) is 2.74. The predicted octanol–water partition coefficient (Wildman–Crippen LogP) is 3.21. The molecule has 2 aromatic rings. The molecule has 4 nitrogen and oxygen atoms in total. The first-order chi connectivity index (χ1) is 9.58. The molecule has 1 aromatic heterocycles. The maximum atomic E-state index is 11.9. The Morgan fingerprint density at radius 1 is 1.30 bits per heavy atom. The van der Waals surface area contributed by atoms with Gasteiger partial charge in [-0.2, -0.15) is 5.26 Å². The fraction of sp³-hybridized carbons (Fsp3) is 0.133. The first-order valence-electron chi connectivity index (χ1n) is 6.00. The van der Waals surface area contributed by atoms with Crippen molar-refractivity contribution >= 4 is 27.7 Å². The summed E-state index contributed by atoms with van der Waals surface area (Å²) in [5.41, 5.74) is 2.26. The smallest absolute Gasteiger partial charge is 0.229 e. The van der Waals surface area contributed by atoms with Crippen LogP contribution in [0.2, 0.25) is 0 Å². The molecule has 0 saturated carbocycles. The maximum absolute atomic E-state index is 11.9. The first kappa shape index (κ1) is 14.2. The number of nitriles is 1. The molecule has 1 N–H and O–H groups in total. The number of benzene rings is 1. The number of carbonyl (C=O) groups is 1. The van der Waals surface area contributed by atoms with Crippen LogP contribution in [0.1, 0.15) is 16.8 Å². The molecule has 0 aliphatic rings. The molecular weight excluding hydrogens is 318 g/mol. The van der Waals surface area contributed by atoms with Gasteiger partial charge in [0.05, 0.1) is 23.7 Å². The van der Waals surface area contributed by atoms with Crippen molar-refractivity contribution < 1.29 is 4.79 Å². The van der Waals surface area contributed by atoms with E-state index in [2.05, 4.69) is 26.2 Å². The van der Waals surface area contributed by atoms with Gasteiger partial charge in [0.25, 0.3) is 0 Å². The summed E-state index contributed by atoms with van der Waals surface area (Å²) in [6.45, 7) is 1.86. The van der Waals surface area contributed by atoms with Crippen LogP contribution in [0.15, 0.2) is 40.9 Å². The van der Waals surface area contributed by atoms with Gasteiger partial charge in [-0.25, -0.2) is 4.98 Å². The van der Waals surface area contributed by atoms with Crippen molar-refractivity contribution in [3.8, 4) is 6.07 Å². The Bertz CT molecular complexity index is 675. The van der Waals surface area contributed by atoms with Gasteiger partial charge in [-0.3, -0.25) is 4.79 Å². The minimum atomic E-state index is -0.135. The number of rotatable bonds is 3. The van der Waals surface area contributed by atoms with Crippen LogP contribution in [0.5, 0.6) is 0 Å². The zero-order chi connectivity index (χ0) is 14.5. The van der Waals surface area contributed by atoms with Crippen molar-refractivity contribution in [1.82, 2.24) is 4.98 Å². The number of aromatic nitrogens is 1. The van der Waals surface area contributed by atoms with E-state index in [0.717, 1.165) is 15.7 Å². The minimum absolute atomic E-state index is 0.135. The van der Waals surface area contributed by atoms with E-state index >= 15 is 0 Å². The molecule has 0 bridgehead atoms. The molecule has 1 aromatic carbocycles. The summed E-state index contributed by atoms with van der Waals surface area (Å²) >= 11 is 3.36. The number of halogens is 1. The van der Waals surface area contributed by atoms with Gasteiger partial charge in [0, 0.05) is 4.47 Å². The Labute approximate surface area is 125 Å². The van der Waals surface area contributed by atoms with Gasteiger partial charge in [-0.15, -0.1) is 0 Å². The largest absolute Gasteiger partial charge is 0.310 e. The van der Waals surface area contributed by atoms with E-state index in [0.29, 0.717) is 11.4 Å². The predicted molar refractivity (Wildman–Crippen MR) is 80.2 cm³/mol. The second kappa shape index (κ2) is 6.31. The Balaban J connectivity index is 2.01. The van der Waals surface area contributed by atoms with Gasteiger partial charge in [0.1, 0.15) is 5.82 Å². The molecule has 1 amide bonds. The van der Waals surface area contributed by atoms with Gasteiger partial charge < -0.3 is 5.32 Å². The SMILES string of the molecule is Cc1nc(NC(=O)Cc2ccc(C#N)cc2)ccc1Br. The molecule has 0 unspecified atom stereocenters. The number of nitrogens with one attached hydrogen (secondary N) is 1. The van der Waals surface area contributed by atoms with Crippen molar-refractivity contribution in [2.75, 3.05) is 5.32 Å². The lowest BCUT2D eigenvalue weighted by molar-refractivity contribution is -0.115. The monoisotopic (exact) mass is 329 g/mol. The average Bonchev–Trinajstić information content (AvgIpc) is 2.44. The molecule has 0 aliphatic carbocycles. The van der Waals surface area contributed by atoms with E-state index in [4.69, 9.17) is 5.26 Å². The van der Waals surface area contributed by atoms with Gasteiger partial charge in [0.2, 0.25) is 5.91 Å². The van der Waals surface area contributed by atoms with Crippen LogP contribution >= 0.6 is 15.9 Å². The Hall–Kier alpha value is -2.19. The van der Waals surface area contributed by atoms with Crippen LogP contribution in [-0.4, -0.2) is 10.9 Å². The molecule has 20 heavy (non-hydrogen) atoms. The van der Waals surface area contributed by atoms with Crippen molar-refractivity contribution in [2.45, 2.75) is 13.3 Å². The molecular formula is C15H12BrN3O. The van der Waals surface area contributed by atoms with E-state index in [1.165, 1.54) is 0 Å². The highest BCUT2D eigenvalue weighted by atomic mass is 79.9. The Morgan fingerprint density at radius 2 is 2.00 bits per heavy atom. The lowest BCUT2D eigenvalue weighted by atomic mass is 10.1. The molecule has 0 saturated heterocycles. The maximum Gasteiger partial charge on any atom is 0.229 e. The number of amides is 1. The second-order valence-corrected chi connectivity index (χ2v) is 5.15. The normalized spacial score (nSPS) is 9.85. The summed E-state index contributed by atoms with van der Waals surface area (Å²) in [5, 5.41) is 11.5.